The zero-order valence-electron chi connectivity index (χ0n) is 16.2. The van der Waals surface area contributed by atoms with Crippen molar-refractivity contribution >= 4 is 23.4 Å². The van der Waals surface area contributed by atoms with Crippen LogP contribution in [0.15, 0.2) is 18.2 Å². The van der Waals surface area contributed by atoms with E-state index >= 15 is 0 Å². The number of carbonyl (C=O) groups is 2. The number of anilines is 1. The van der Waals surface area contributed by atoms with E-state index in [2.05, 4.69) is 12.2 Å². The van der Waals surface area contributed by atoms with Crippen molar-refractivity contribution in [3.05, 3.63) is 35.2 Å². The molecule has 3 aliphatic rings. The number of fused-ring (bicyclic) bond motifs is 2. The molecular formula is C21H25FN2O3. The molecule has 1 spiro atoms. The number of carbonyl (C=O) groups excluding carboxylic acids is 2. The molecule has 0 aromatic heterocycles. The van der Waals surface area contributed by atoms with Crippen LogP contribution in [0.5, 0.6) is 0 Å². The summed E-state index contributed by atoms with van der Waals surface area (Å²) in [5.41, 5.74) is 1.08. The second-order valence-electron chi connectivity index (χ2n) is 8.94. The Morgan fingerprint density at radius 2 is 2.04 bits per heavy atom. The third-order valence-corrected chi connectivity index (χ3v) is 5.44. The second-order valence-corrected chi connectivity index (χ2v) is 8.94. The van der Waals surface area contributed by atoms with Crippen LogP contribution < -0.4 is 5.32 Å². The van der Waals surface area contributed by atoms with Crippen LogP contribution in [0, 0.1) is 11.7 Å². The Morgan fingerprint density at radius 1 is 1.33 bits per heavy atom. The molecule has 144 valence electrons. The summed E-state index contributed by atoms with van der Waals surface area (Å²) in [5, 5.41) is 2.68. The molecule has 1 saturated carbocycles. The lowest BCUT2D eigenvalue weighted by molar-refractivity contribution is -0.117. The number of hydrogen-bond donors (Lipinski definition) is 1. The summed E-state index contributed by atoms with van der Waals surface area (Å²) in [6, 6.07) is 3.27. The molecule has 6 heteroatoms. The van der Waals surface area contributed by atoms with Gasteiger partial charge in [0.1, 0.15) is 11.4 Å². The third-order valence-electron chi connectivity index (χ3n) is 5.44. The maximum absolute atomic E-state index is 14.8. The molecule has 0 bridgehead atoms. The first kappa shape index (κ1) is 18.0. The van der Waals surface area contributed by atoms with E-state index in [1.807, 2.05) is 32.9 Å². The number of halogens is 1. The van der Waals surface area contributed by atoms with Crippen LogP contribution in [0.2, 0.25) is 0 Å². The molecule has 1 fully saturated rings. The highest BCUT2D eigenvalue weighted by Crippen LogP contribution is 2.56. The fraction of sp³-hybridized carbons (Fsp3) is 0.524. The average Bonchev–Trinajstić information content (AvgIpc) is 3.31. The summed E-state index contributed by atoms with van der Waals surface area (Å²) in [5.74, 6) is -0.286. The van der Waals surface area contributed by atoms with Crippen molar-refractivity contribution in [1.82, 2.24) is 4.90 Å². The molecule has 2 aliphatic heterocycles. The van der Waals surface area contributed by atoms with E-state index in [-0.39, 0.29) is 11.6 Å². The maximum atomic E-state index is 14.8. The van der Waals surface area contributed by atoms with Crippen molar-refractivity contribution in [3.8, 4) is 0 Å². The van der Waals surface area contributed by atoms with Crippen LogP contribution in [0.1, 0.15) is 58.1 Å². The van der Waals surface area contributed by atoms with Crippen molar-refractivity contribution in [1.29, 1.82) is 0 Å². The first-order chi connectivity index (χ1) is 12.6. The zero-order chi connectivity index (χ0) is 19.6. The number of amides is 2. The summed E-state index contributed by atoms with van der Waals surface area (Å²) in [6.45, 7) is 8.05. The van der Waals surface area contributed by atoms with E-state index in [9.17, 15) is 14.0 Å². The van der Waals surface area contributed by atoms with E-state index in [1.165, 1.54) is 6.07 Å². The van der Waals surface area contributed by atoms with Gasteiger partial charge >= 0.3 is 6.09 Å². The topological polar surface area (TPSA) is 58.6 Å². The Morgan fingerprint density at radius 3 is 2.67 bits per heavy atom. The minimum absolute atomic E-state index is 0.121. The molecule has 2 amide bonds. The summed E-state index contributed by atoms with van der Waals surface area (Å²) in [7, 11) is 0. The van der Waals surface area contributed by atoms with Gasteiger partial charge in [0.05, 0.1) is 16.8 Å². The van der Waals surface area contributed by atoms with Crippen LogP contribution >= 0.6 is 0 Å². The second kappa shape index (κ2) is 5.81. The molecule has 2 heterocycles. The summed E-state index contributed by atoms with van der Waals surface area (Å²) in [6.07, 6.45) is 3.80. The number of rotatable bonds is 1. The van der Waals surface area contributed by atoms with Gasteiger partial charge in [0.2, 0.25) is 5.91 Å². The molecule has 1 aromatic rings. The normalized spacial score (nSPS) is 23.0. The molecule has 1 atom stereocenters. The molecule has 1 aliphatic carbocycles. The Bertz CT molecular complexity index is 865. The Kier molecular flexibility index (Phi) is 3.88. The van der Waals surface area contributed by atoms with Crippen LogP contribution in [-0.4, -0.2) is 29.0 Å². The van der Waals surface area contributed by atoms with Crippen LogP contribution in [0.4, 0.5) is 14.9 Å². The lowest BCUT2D eigenvalue weighted by Crippen LogP contribution is -2.39. The Labute approximate surface area is 158 Å². The van der Waals surface area contributed by atoms with Gasteiger partial charge in [0.15, 0.2) is 0 Å². The van der Waals surface area contributed by atoms with Gasteiger partial charge in [-0.1, -0.05) is 13.0 Å². The van der Waals surface area contributed by atoms with E-state index in [1.54, 1.807) is 4.90 Å². The van der Waals surface area contributed by atoms with Crippen molar-refractivity contribution in [2.24, 2.45) is 5.92 Å². The van der Waals surface area contributed by atoms with E-state index < -0.39 is 22.9 Å². The molecular weight excluding hydrogens is 347 g/mol. The highest BCUT2D eigenvalue weighted by atomic mass is 19.1. The fourth-order valence-corrected chi connectivity index (χ4v) is 3.91. The number of allylic oxidation sites excluding steroid dienone is 1. The largest absolute Gasteiger partial charge is 0.443 e. The van der Waals surface area contributed by atoms with Crippen LogP contribution in [-0.2, 0) is 14.9 Å². The first-order valence-corrected chi connectivity index (χ1v) is 9.47. The van der Waals surface area contributed by atoms with Gasteiger partial charge in [-0.05, 0) is 63.6 Å². The quantitative estimate of drug-likeness (QED) is 0.793. The van der Waals surface area contributed by atoms with Crippen LogP contribution in [0.25, 0.3) is 5.70 Å². The van der Waals surface area contributed by atoms with Crippen molar-refractivity contribution in [2.45, 2.75) is 58.0 Å². The average molecular weight is 372 g/mol. The summed E-state index contributed by atoms with van der Waals surface area (Å²) < 4.78 is 20.3. The number of hydrogen-bond acceptors (Lipinski definition) is 3. The number of ether oxygens (including phenoxy) is 1. The first-order valence-electron chi connectivity index (χ1n) is 9.47. The van der Waals surface area contributed by atoms with E-state index in [4.69, 9.17) is 4.74 Å². The van der Waals surface area contributed by atoms with Gasteiger partial charge in [-0.3, -0.25) is 9.69 Å². The molecule has 4 rings (SSSR count). The van der Waals surface area contributed by atoms with Crippen molar-refractivity contribution in [3.63, 3.8) is 0 Å². The highest BCUT2D eigenvalue weighted by molar-refractivity contribution is 6.08. The SMILES string of the molecule is CC1CC=C(c2cc(F)c3c(c2)C2(CC2)C(=O)N3)N(C(=O)OC(C)(C)C)C1. The highest BCUT2D eigenvalue weighted by Gasteiger charge is 2.57. The van der Waals surface area contributed by atoms with Gasteiger partial charge in [-0.25, -0.2) is 9.18 Å². The Hall–Kier alpha value is -2.37. The van der Waals surface area contributed by atoms with Gasteiger partial charge in [0, 0.05) is 12.1 Å². The molecule has 1 unspecified atom stereocenters. The number of benzene rings is 1. The minimum atomic E-state index is -0.611. The minimum Gasteiger partial charge on any atom is -0.443 e. The number of nitrogens with zero attached hydrogens (tertiary/aromatic N) is 1. The molecule has 1 aromatic carbocycles. The lowest BCUT2D eigenvalue weighted by atomic mass is 9.92. The standard InChI is InChI=1S/C21H25FN2O3/c1-12-5-6-16(24(11-12)19(26)27-20(2,3)4)13-9-14-17(15(22)10-13)23-18(25)21(14)7-8-21/h6,9-10,12H,5,7-8,11H2,1-4H3,(H,23,25). The van der Waals surface area contributed by atoms with Gasteiger partial charge in [0.25, 0.3) is 0 Å². The third kappa shape index (κ3) is 3.01. The molecule has 27 heavy (non-hydrogen) atoms. The zero-order valence-corrected chi connectivity index (χ0v) is 16.2. The lowest BCUT2D eigenvalue weighted by Gasteiger charge is -2.34. The van der Waals surface area contributed by atoms with Crippen LogP contribution in [0.3, 0.4) is 0 Å². The molecule has 1 N–H and O–H groups in total. The van der Waals surface area contributed by atoms with E-state index in [0.717, 1.165) is 19.3 Å². The van der Waals surface area contributed by atoms with Crippen molar-refractivity contribution in [2.75, 3.05) is 11.9 Å². The fourth-order valence-electron chi connectivity index (χ4n) is 3.91. The summed E-state index contributed by atoms with van der Waals surface area (Å²) in [4.78, 5) is 26.6. The maximum Gasteiger partial charge on any atom is 0.414 e. The molecule has 0 radical (unpaired) electrons. The van der Waals surface area contributed by atoms with Gasteiger partial charge < -0.3 is 10.1 Å². The predicted octanol–water partition coefficient (Wildman–Crippen LogP) is 4.43. The Balaban J connectivity index is 1.73. The van der Waals surface area contributed by atoms with E-state index in [0.29, 0.717) is 29.3 Å². The number of nitrogens with one attached hydrogen (secondary N) is 1. The monoisotopic (exact) mass is 372 g/mol. The molecule has 0 saturated heterocycles. The summed E-state index contributed by atoms with van der Waals surface area (Å²) >= 11 is 0. The van der Waals surface area contributed by atoms with Gasteiger partial charge in [-0.2, -0.15) is 0 Å². The van der Waals surface area contributed by atoms with Crippen molar-refractivity contribution < 1.29 is 18.7 Å². The predicted molar refractivity (Wildman–Crippen MR) is 101 cm³/mol. The van der Waals surface area contributed by atoms with Gasteiger partial charge in [-0.15, -0.1) is 0 Å². The molecule has 5 nitrogen and oxygen atoms in total. The smallest absolute Gasteiger partial charge is 0.414 e.